The first-order valence-electron chi connectivity index (χ1n) is 10.8. The zero-order valence-electron chi connectivity index (χ0n) is 18.2. The molecule has 2 aromatic carbocycles. The lowest BCUT2D eigenvalue weighted by molar-refractivity contribution is 0.0732. The van der Waals surface area contributed by atoms with Crippen LogP contribution >= 0.6 is 0 Å². The Balaban J connectivity index is 1.86. The quantitative estimate of drug-likeness (QED) is 0.473. The van der Waals surface area contributed by atoms with Crippen molar-refractivity contribution < 1.29 is 24.5 Å². The Labute approximate surface area is 186 Å². The maximum Gasteiger partial charge on any atom is 0.273 e. The topological polar surface area (TPSA) is 108 Å². The second-order valence-corrected chi connectivity index (χ2v) is 7.43. The van der Waals surface area contributed by atoms with Crippen LogP contribution in [-0.2, 0) is 0 Å². The van der Waals surface area contributed by atoms with E-state index >= 15 is 0 Å². The third-order valence-electron chi connectivity index (χ3n) is 5.46. The number of nitrogens with zero attached hydrogens (tertiary/aromatic N) is 2. The van der Waals surface area contributed by atoms with Crippen molar-refractivity contribution in [2.45, 2.75) is 26.3 Å². The summed E-state index contributed by atoms with van der Waals surface area (Å²) in [5.74, 6) is 1.13. The van der Waals surface area contributed by atoms with Gasteiger partial charge in [0.1, 0.15) is 17.1 Å². The number of rotatable bonds is 9. The van der Waals surface area contributed by atoms with Crippen molar-refractivity contribution in [1.82, 2.24) is 15.1 Å². The van der Waals surface area contributed by atoms with Crippen LogP contribution in [0.3, 0.4) is 0 Å². The molecule has 1 aromatic heterocycles. The fourth-order valence-corrected chi connectivity index (χ4v) is 4.13. The molecule has 2 heterocycles. The SMILES string of the molecule is CCOc1ccc([C@H]2c3c(-c4ccccc4O)n[nH]c3C(=O)N2CCCO)cc1OCC. The number of carbonyl (C=O) groups is 1. The summed E-state index contributed by atoms with van der Waals surface area (Å²) in [6.45, 7) is 5.14. The summed E-state index contributed by atoms with van der Waals surface area (Å²) in [6.07, 6.45) is 0.446. The number of phenols is 1. The van der Waals surface area contributed by atoms with E-state index in [1.807, 2.05) is 38.1 Å². The number of benzene rings is 2. The molecule has 8 nitrogen and oxygen atoms in total. The normalized spacial score (nSPS) is 15.2. The number of aromatic hydroxyl groups is 1. The molecule has 1 amide bonds. The summed E-state index contributed by atoms with van der Waals surface area (Å²) in [5.41, 5.74) is 2.98. The van der Waals surface area contributed by atoms with Crippen LogP contribution in [0.25, 0.3) is 11.3 Å². The number of ether oxygens (including phenoxy) is 2. The van der Waals surface area contributed by atoms with E-state index < -0.39 is 6.04 Å². The van der Waals surface area contributed by atoms with Gasteiger partial charge in [0, 0.05) is 24.3 Å². The Hall–Kier alpha value is -3.52. The van der Waals surface area contributed by atoms with E-state index in [1.165, 1.54) is 0 Å². The van der Waals surface area contributed by atoms with Gasteiger partial charge in [0.05, 0.1) is 19.3 Å². The summed E-state index contributed by atoms with van der Waals surface area (Å²) in [4.78, 5) is 15.0. The minimum atomic E-state index is -0.452. The molecule has 168 valence electrons. The van der Waals surface area contributed by atoms with Crippen molar-refractivity contribution in [2.75, 3.05) is 26.4 Å². The highest BCUT2D eigenvalue weighted by Gasteiger charge is 2.42. The number of amides is 1. The van der Waals surface area contributed by atoms with Gasteiger partial charge in [-0.2, -0.15) is 5.10 Å². The highest BCUT2D eigenvalue weighted by atomic mass is 16.5. The van der Waals surface area contributed by atoms with Crippen molar-refractivity contribution in [3.05, 3.63) is 59.3 Å². The Bertz CT molecular complexity index is 1110. The number of H-pyrrole nitrogens is 1. The molecule has 8 heteroatoms. The van der Waals surface area contributed by atoms with Gasteiger partial charge in [-0.05, 0) is 50.1 Å². The molecule has 1 aliphatic heterocycles. The van der Waals surface area contributed by atoms with Crippen molar-refractivity contribution in [2.24, 2.45) is 0 Å². The average molecular weight is 437 g/mol. The van der Waals surface area contributed by atoms with Crippen LogP contribution in [0.2, 0.25) is 0 Å². The lowest BCUT2D eigenvalue weighted by Gasteiger charge is -2.27. The molecule has 0 bridgehead atoms. The third kappa shape index (κ3) is 3.78. The smallest absolute Gasteiger partial charge is 0.273 e. The number of hydrogen-bond donors (Lipinski definition) is 3. The minimum absolute atomic E-state index is 0.0253. The molecular formula is C24H27N3O5. The van der Waals surface area contributed by atoms with E-state index in [9.17, 15) is 15.0 Å². The van der Waals surface area contributed by atoms with Crippen LogP contribution in [0.5, 0.6) is 17.2 Å². The van der Waals surface area contributed by atoms with Gasteiger partial charge in [-0.1, -0.05) is 18.2 Å². The van der Waals surface area contributed by atoms with Crippen molar-refractivity contribution in [1.29, 1.82) is 0 Å². The standard InChI is InChI=1S/C24H27N3O5/c1-3-31-18-11-10-15(14-19(18)32-4-2)23-20-21(16-8-5-6-9-17(16)29)25-26-22(20)24(30)27(23)12-7-13-28/h5-6,8-11,14,23,28-29H,3-4,7,12-13H2,1-2H3,(H,25,26)/t23-/m0/s1. The molecule has 0 unspecified atom stereocenters. The lowest BCUT2D eigenvalue weighted by Crippen LogP contribution is -2.31. The molecule has 3 aromatic rings. The second-order valence-electron chi connectivity index (χ2n) is 7.43. The number of aromatic nitrogens is 2. The number of fused-ring (bicyclic) bond motifs is 1. The molecule has 0 radical (unpaired) electrons. The number of carbonyl (C=O) groups excluding carboxylic acids is 1. The van der Waals surface area contributed by atoms with Crippen LogP contribution in [-0.4, -0.2) is 57.6 Å². The lowest BCUT2D eigenvalue weighted by atomic mass is 9.95. The van der Waals surface area contributed by atoms with E-state index in [0.29, 0.717) is 60.2 Å². The van der Waals surface area contributed by atoms with Crippen LogP contribution in [0.15, 0.2) is 42.5 Å². The summed E-state index contributed by atoms with van der Waals surface area (Å²) < 4.78 is 11.5. The van der Waals surface area contributed by atoms with Crippen LogP contribution in [0.1, 0.15) is 47.9 Å². The first-order chi connectivity index (χ1) is 15.6. The van der Waals surface area contributed by atoms with Gasteiger partial charge in [-0.25, -0.2) is 0 Å². The Morgan fingerprint density at radius 2 is 1.84 bits per heavy atom. The number of phenolic OH excluding ortho intramolecular Hbond substituents is 1. The fraction of sp³-hybridized carbons (Fsp3) is 0.333. The first-order valence-corrected chi connectivity index (χ1v) is 10.8. The van der Waals surface area contributed by atoms with Crippen LogP contribution < -0.4 is 9.47 Å². The number of nitrogens with one attached hydrogen (secondary N) is 1. The highest BCUT2D eigenvalue weighted by molar-refractivity contribution is 6.00. The summed E-state index contributed by atoms with van der Waals surface area (Å²) >= 11 is 0. The number of aromatic amines is 1. The van der Waals surface area contributed by atoms with E-state index in [-0.39, 0.29) is 18.3 Å². The molecule has 1 aliphatic rings. The van der Waals surface area contributed by atoms with Gasteiger partial charge in [-0.15, -0.1) is 0 Å². The van der Waals surface area contributed by atoms with E-state index in [4.69, 9.17) is 9.47 Å². The molecular weight excluding hydrogens is 410 g/mol. The van der Waals surface area contributed by atoms with E-state index in [1.54, 1.807) is 23.1 Å². The fourth-order valence-electron chi connectivity index (χ4n) is 4.13. The monoisotopic (exact) mass is 437 g/mol. The number of aliphatic hydroxyl groups is 1. The number of aliphatic hydroxyl groups excluding tert-OH is 1. The van der Waals surface area contributed by atoms with Gasteiger partial charge < -0.3 is 24.6 Å². The van der Waals surface area contributed by atoms with Gasteiger partial charge in [0.25, 0.3) is 5.91 Å². The first kappa shape index (κ1) is 21.7. The van der Waals surface area contributed by atoms with Gasteiger partial charge in [-0.3, -0.25) is 9.89 Å². The van der Waals surface area contributed by atoms with Crippen molar-refractivity contribution in [3.63, 3.8) is 0 Å². The van der Waals surface area contributed by atoms with Crippen LogP contribution in [0, 0.1) is 0 Å². The number of para-hydroxylation sites is 1. The van der Waals surface area contributed by atoms with Crippen molar-refractivity contribution >= 4 is 5.91 Å². The zero-order chi connectivity index (χ0) is 22.7. The molecule has 0 fully saturated rings. The number of hydrogen-bond acceptors (Lipinski definition) is 6. The molecule has 0 spiro atoms. The zero-order valence-corrected chi connectivity index (χ0v) is 18.2. The Kier molecular flexibility index (Phi) is 6.32. The predicted octanol–water partition coefficient (Wildman–Crippen LogP) is 3.51. The molecule has 32 heavy (non-hydrogen) atoms. The van der Waals surface area contributed by atoms with E-state index in [0.717, 1.165) is 5.56 Å². The highest BCUT2D eigenvalue weighted by Crippen LogP contribution is 2.45. The molecule has 4 rings (SSSR count). The van der Waals surface area contributed by atoms with Gasteiger partial charge >= 0.3 is 0 Å². The molecule has 0 aliphatic carbocycles. The summed E-state index contributed by atoms with van der Waals surface area (Å²) in [7, 11) is 0. The Morgan fingerprint density at radius 1 is 1.09 bits per heavy atom. The largest absolute Gasteiger partial charge is 0.507 e. The predicted molar refractivity (Wildman–Crippen MR) is 119 cm³/mol. The molecule has 0 saturated heterocycles. The maximum atomic E-state index is 13.3. The third-order valence-corrected chi connectivity index (χ3v) is 5.46. The second kappa shape index (κ2) is 9.32. The minimum Gasteiger partial charge on any atom is -0.507 e. The average Bonchev–Trinajstić information content (AvgIpc) is 3.33. The van der Waals surface area contributed by atoms with Crippen molar-refractivity contribution in [3.8, 4) is 28.5 Å². The Morgan fingerprint density at radius 3 is 2.56 bits per heavy atom. The molecule has 1 atom stereocenters. The molecule has 3 N–H and O–H groups in total. The van der Waals surface area contributed by atoms with Crippen LogP contribution in [0.4, 0.5) is 0 Å². The summed E-state index contributed by atoms with van der Waals surface area (Å²) in [5, 5.41) is 27.1. The van der Waals surface area contributed by atoms with E-state index in [2.05, 4.69) is 10.2 Å². The summed E-state index contributed by atoms with van der Waals surface area (Å²) in [6, 6.07) is 12.1. The maximum absolute atomic E-state index is 13.3. The van der Waals surface area contributed by atoms with Gasteiger partial charge in [0.15, 0.2) is 11.5 Å². The molecule has 0 saturated carbocycles. The van der Waals surface area contributed by atoms with Gasteiger partial charge in [0.2, 0.25) is 0 Å².